The predicted molar refractivity (Wildman–Crippen MR) is 54.3 cm³/mol. The minimum Gasteiger partial charge on any atom is -0.338 e. The molecule has 2 aromatic rings. The fourth-order valence-corrected chi connectivity index (χ4v) is 1.45. The summed E-state index contributed by atoms with van der Waals surface area (Å²) in [4.78, 5) is 3.97. The van der Waals surface area contributed by atoms with Crippen LogP contribution < -0.4 is 0 Å². The summed E-state index contributed by atoms with van der Waals surface area (Å²) in [6.07, 6.45) is 0. The maximum Gasteiger partial charge on any atom is 0.241 e. The zero-order chi connectivity index (χ0) is 10.8. The van der Waals surface area contributed by atoms with Crippen molar-refractivity contribution in [1.29, 1.82) is 0 Å². The number of halogens is 3. The standard InChI is InChI=1S/C9H5Cl2FN2O/c10-4-8-13-9(14-15-8)6-2-1-5(12)3-7(6)11/h1-3H,4H2. The van der Waals surface area contributed by atoms with Gasteiger partial charge in [-0.15, -0.1) is 11.6 Å². The van der Waals surface area contributed by atoms with Crippen molar-refractivity contribution in [2.24, 2.45) is 0 Å². The van der Waals surface area contributed by atoms with Gasteiger partial charge in [-0.2, -0.15) is 4.98 Å². The highest BCUT2D eigenvalue weighted by Crippen LogP contribution is 2.26. The van der Waals surface area contributed by atoms with Crippen LogP contribution in [0.3, 0.4) is 0 Å². The van der Waals surface area contributed by atoms with Crippen LogP contribution in [0, 0.1) is 5.82 Å². The van der Waals surface area contributed by atoms with E-state index in [1.807, 2.05) is 0 Å². The van der Waals surface area contributed by atoms with Crippen molar-refractivity contribution in [2.45, 2.75) is 5.88 Å². The molecule has 0 fully saturated rings. The second-order valence-corrected chi connectivity index (χ2v) is 3.44. The second kappa shape index (κ2) is 4.16. The molecule has 15 heavy (non-hydrogen) atoms. The van der Waals surface area contributed by atoms with Gasteiger partial charge in [0, 0.05) is 5.56 Å². The van der Waals surface area contributed by atoms with E-state index in [4.69, 9.17) is 27.7 Å². The summed E-state index contributed by atoms with van der Waals surface area (Å²) in [5, 5.41) is 3.90. The molecule has 2 rings (SSSR count). The number of rotatable bonds is 2. The van der Waals surface area contributed by atoms with Crippen LogP contribution >= 0.6 is 23.2 Å². The fourth-order valence-electron chi connectivity index (χ4n) is 1.09. The third-order valence-corrected chi connectivity index (χ3v) is 2.30. The average molecular weight is 247 g/mol. The van der Waals surface area contributed by atoms with E-state index in [1.165, 1.54) is 18.2 Å². The van der Waals surface area contributed by atoms with Gasteiger partial charge in [0.1, 0.15) is 11.7 Å². The maximum absolute atomic E-state index is 12.8. The number of benzene rings is 1. The van der Waals surface area contributed by atoms with E-state index in [9.17, 15) is 4.39 Å². The number of aromatic nitrogens is 2. The molecule has 3 nitrogen and oxygen atoms in total. The molecular weight excluding hydrogens is 242 g/mol. The molecule has 0 unspecified atom stereocenters. The first-order valence-corrected chi connectivity index (χ1v) is 4.96. The lowest BCUT2D eigenvalue weighted by Crippen LogP contribution is -1.84. The van der Waals surface area contributed by atoms with Crippen molar-refractivity contribution < 1.29 is 8.91 Å². The molecule has 1 aromatic heterocycles. The Labute approximate surface area is 94.8 Å². The van der Waals surface area contributed by atoms with Crippen molar-refractivity contribution in [1.82, 2.24) is 10.1 Å². The largest absolute Gasteiger partial charge is 0.338 e. The zero-order valence-corrected chi connectivity index (χ0v) is 8.89. The van der Waals surface area contributed by atoms with E-state index in [-0.39, 0.29) is 10.9 Å². The van der Waals surface area contributed by atoms with Crippen molar-refractivity contribution >= 4 is 23.2 Å². The van der Waals surface area contributed by atoms with E-state index in [0.717, 1.165) is 0 Å². The fraction of sp³-hybridized carbons (Fsp3) is 0.111. The Bertz CT molecular complexity index is 487. The lowest BCUT2D eigenvalue weighted by atomic mass is 10.2. The van der Waals surface area contributed by atoms with Crippen molar-refractivity contribution in [3.63, 3.8) is 0 Å². The molecule has 78 valence electrons. The number of nitrogens with zero attached hydrogens (tertiary/aromatic N) is 2. The van der Waals surface area contributed by atoms with E-state index in [0.29, 0.717) is 17.3 Å². The average Bonchev–Trinajstić information content (AvgIpc) is 2.66. The lowest BCUT2D eigenvalue weighted by Gasteiger charge is -1.97. The summed E-state index contributed by atoms with van der Waals surface area (Å²) in [6, 6.07) is 3.95. The molecule has 0 saturated carbocycles. The minimum atomic E-state index is -0.412. The molecule has 6 heteroatoms. The van der Waals surface area contributed by atoms with Gasteiger partial charge >= 0.3 is 0 Å². The van der Waals surface area contributed by atoms with E-state index in [2.05, 4.69) is 10.1 Å². The Hall–Kier alpha value is -1.13. The molecule has 0 N–H and O–H groups in total. The number of hydrogen-bond acceptors (Lipinski definition) is 3. The number of hydrogen-bond donors (Lipinski definition) is 0. The van der Waals surface area contributed by atoms with Crippen molar-refractivity contribution in [3.8, 4) is 11.4 Å². The number of alkyl halides is 1. The third kappa shape index (κ3) is 2.11. The summed E-state index contributed by atoms with van der Waals surface area (Å²) in [7, 11) is 0. The molecule has 0 radical (unpaired) electrons. The highest BCUT2D eigenvalue weighted by molar-refractivity contribution is 6.33. The van der Waals surface area contributed by atoms with Gasteiger partial charge in [-0.25, -0.2) is 4.39 Å². The molecule has 0 aliphatic carbocycles. The molecule has 0 spiro atoms. The van der Waals surface area contributed by atoms with Gasteiger partial charge in [-0.05, 0) is 18.2 Å². The normalized spacial score (nSPS) is 10.6. The summed E-state index contributed by atoms with van der Waals surface area (Å²) in [6.45, 7) is 0. The Balaban J connectivity index is 2.44. The van der Waals surface area contributed by atoms with Crippen LogP contribution in [0.2, 0.25) is 5.02 Å². The smallest absolute Gasteiger partial charge is 0.241 e. The van der Waals surface area contributed by atoms with Gasteiger partial charge in [0.2, 0.25) is 11.7 Å². The van der Waals surface area contributed by atoms with Crippen LogP contribution in [0.4, 0.5) is 4.39 Å². The molecule has 0 atom stereocenters. The molecule has 0 amide bonds. The molecule has 0 saturated heterocycles. The van der Waals surface area contributed by atoms with Crippen LogP contribution in [0.1, 0.15) is 5.89 Å². The van der Waals surface area contributed by atoms with Gasteiger partial charge in [-0.1, -0.05) is 16.8 Å². The first-order chi connectivity index (χ1) is 7.20. The Morgan fingerprint density at radius 3 is 2.80 bits per heavy atom. The summed E-state index contributed by atoms with van der Waals surface area (Å²) in [5.41, 5.74) is 0.512. The first-order valence-electron chi connectivity index (χ1n) is 4.04. The SMILES string of the molecule is Fc1ccc(-c2noc(CCl)n2)c(Cl)c1. The molecule has 0 bridgehead atoms. The van der Waals surface area contributed by atoms with Crippen molar-refractivity contribution in [2.75, 3.05) is 0 Å². The highest BCUT2D eigenvalue weighted by atomic mass is 35.5. The summed E-state index contributed by atoms with van der Waals surface area (Å²) < 4.78 is 17.6. The van der Waals surface area contributed by atoms with E-state index >= 15 is 0 Å². The maximum atomic E-state index is 12.8. The molecular formula is C9H5Cl2FN2O. The second-order valence-electron chi connectivity index (χ2n) is 2.77. The Morgan fingerprint density at radius 2 is 2.20 bits per heavy atom. The zero-order valence-electron chi connectivity index (χ0n) is 7.38. The van der Waals surface area contributed by atoms with Crippen LogP contribution in [0.25, 0.3) is 11.4 Å². The minimum absolute atomic E-state index is 0.131. The van der Waals surface area contributed by atoms with Gasteiger partial charge < -0.3 is 4.52 Å². The highest BCUT2D eigenvalue weighted by Gasteiger charge is 2.11. The van der Waals surface area contributed by atoms with Crippen molar-refractivity contribution in [3.05, 3.63) is 34.9 Å². The third-order valence-electron chi connectivity index (χ3n) is 1.75. The topological polar surface area (TPSA) is 38.9 Å². The van der Waals surface area contributed by atoms with Gasteiger partial charge in [0.15, 0.2) is 0 Å². The molecule has 1 heterocycles. The Kier molecular flexibility index (Phi) is 2.88. The molecule has 0 aliphatic rings. The van der Waals surface area contributed by atoms with E-state index in [1.54, 1.807) is 0 Å². The molecule has 0 aliphatic heterocycles. The van der Waals surface area contributed by atoms with Crippen LogP contribution in [0.5, 0.6) is 0 Å². The van der Waals surface area contributed by atoms with Crippen LogP contribution in [0.15, 0.2) is 22.7 Å². The summed E-state index contributed by atoms with van der Waals surface area (Å²) >= 11 is 11.3. The van der Waals surface area contributed by atoms with Gasteiger partial charge in [-0.3, -0.25) is 0 Å². The molecule has 1 aromatic carbocycles. The quantitative estimate of drug-likeness (QED) is 0.764. The monoisotopic (exact) mass is 246 g/mol. The first kappa shape index (κ1) is 10.4. The van der Waals surface area contributed by atoms with E-state index < -0.39 is 5.82 Å². The Morgan fingerprint density at radius 1 is 1.40 bits per heavy atom. The van der Waals surface area contributed by atoms with Gasteiger partial charge in [0.25, 0.3) is 0 Å². The van der Waals surface area contributed by atoms with Crippen LogP contribution in [-0.2, 0) is 5.88 Å². The summed E-state index contributed by atoms with van der Waals surface area (Å²) in [5.74, 6) is 0.318. The van der Waals surface area contributed by atoms with Gasteiger partial charge in [0.05, 0.1) is 5.02 Å². The predicted octanol–water partition coefficient (Wildman–Crippen LogP) is 3.27. The van der Waals surface area contributed by atoms with Crippen LogP contribution in [-0.4, -0.2) is 10.1 Å². The lowest BCUT2D eigenvalue weighted by molar-refractivity contribution is 0.391.